The van der Waals surface area contributed by atoms with Crippen LogP contribution >= 0.6 is 0 Å². The van der Waals surface area contributed by atoms with Crippen LogP contribution in [0.3, 0.4) is 0 Å². The second kappa shape index (κ2) is 7.93. The van der Waals surface area contributed by atoms with Crippen LogP contribution in [0.25, 0.3) is 0 Å². The number of ketones is 1. The summed E-state index contributed by atoms with van der Waals surface area (Å²) in [6.07, 6.45) is 3.45. The minimum atomic E-state index is -0.449. The van der Waals surface area contributed by atoms with Gasteiger partial charge in [0.05, 0.1) is 19.6 Å². The molecule has 1 amide bonds. The number of hydrogen-bond donors (Lipinski definition) is 1. The Bertz CT molecular complexity index is 627. The van der Waals surface area contributed by atoms with Crippen molar-refractivity contribution in [2.75, 3.05) is 39.4 Å². The van der Waals surface area contributed by atoms with Crippen molar-refractivity contribution in [1.29, 1.82) is 0 Å². The Labute approximate surface area is 147 Å². The van der Waals surface area contributed by atoms with Crippen molar-refractivity contribution in [2.24, 2.45) is 0 Å². The van der Waals surface area contributed by atoms with Crippen molar-refractivity contribution < 1.29 is 19.1 Å². The summed E-state index contributed by atoms with van der Waals surface area (Å²) < 4.78 is 11.4. The number of rotatable bonds is 6. The Kier molecular flexibility index (Phi) is 5.65. The highest BCUT2D eigenvalue weighted by atomic mass is 16.5. The van der Waals surface area contributed by atoms with Gasteiger partial charge >= 0.3 is 0 Å². The second-order valence-electron chi connectivity index (χ2n) is 6.56. The van der Waals surface area contributed by atoms with E-state index in [1.54, 1.807) is 18.3 Å². The van der Waals surface area contributed by atoms with Crippen molar-refractivity contribution in [3.05, 3.63) is 24.0 Å². The summed E-state index contributed by atoms with van der Waals surface area (Å²) in [6.45, 7) is 5.50. The molecule has 0 radical (unpaired) electrons. The number of amides is 1. The van der Waals surface area contributed by atoms with Gasteiger partial charge in [-0.2, -0.15) is 0 Å². The van der Waals surface area contributed by atoms with Crippen molar-refractivity contribution in [3.8, 4) is 5.75 Å². The number of Topliss-reactive ketones (excluding diaryl/α,β-unsaturated/α-hetero) is 1. The maximum atomic E-state index is 12.4. The van der Waals surface area contributed by atoms with Gasteiger partial charge in [0.15, 0.2) is 5.78 Å². The Balaban J connectivity index is 1.49. The van der Waals surface area contributed by atoms with Gasteiger partial charge in [0.25, 0.3) is 0 Å². The van der Waals surface area contributed by atoms with Gasteiger partial charge in [0, 0.05) is 45.3 Å². The molecule has 25 heavy (non-hydrogen) atoms. The van der Waals surface area contributed by atoms with Crippen LogP contribution in [0.5, 0.6) is 5.75 Å². The Hall–Kier alpha value is -1.99. The fourth-order valence-electron chi connectivity index (χ4n) is 3.39. The van der Waals surface area contributed by atoms with E-state index in [1.807, 2.05) is 6.92 Å². The minimum absolute atomic E-state index is 0.00541. The average Bonchev–Trinajstić information content (AvgIpc) is 2.61. The summed E-state index contributed by atoms with van der Waals surface area (Å²) in [6, 6.07) is 3.59. The fraction of sp³-hybridized carbons (Fsp3) is 0.611. The van der Waals surface area contributed by atoms with Gasteiger partial charge in [-0.05, 0) is 19.1 Å². The molecule has 2 aliphatic rings. The summed E-state index contributed by atoms with van der Waals surface area (Å²) in [7, 11) is 0. The molecule has 3 heterocycles. The highest BCUT2D eigenvalue weighted by Gasteiger charge is 2.43. The molecule has 0 atom stereocenters. The number of pyridine rings is 1. The number of piperidine rings is 1. The molecule has 0 saturated carbocycles. The third-order valence-electron chi connectivity index (χ3n) is 4.75. The number of ether oxygens (including phenoxy) is 2. The normalized spacial score (nSPS) is 19.3. The van der Waals surface area contributed by atoms with Crippen LogP contribution in [0.4, 0.5) is 0 Å². The number of carbonyl (C=O) groups excluding carboxylic acids is 2. The summed E-state index contributed by atoms with van der Waals surface area (Å²) in [5.74, 6) is 0.635. The van der Waals surface area contributed by atoms with Crippen LogP contribution < -0.4 is 10.1 Å². The van der Waals surface area contributed by atoms with Crippen molar-refractivity contribution in [1.82, 2.24) is 15.2 Å². The van der Waals surface area contributed by atoms with Crippen LogP contribution in [-0.4, -0.2) is 66.6 Å². The Morgan fingerprint density at radius 1 is 1.44 bits per heavy atom. The van der Waals surface area contributed by atoms with Crippen molar-refractivity contribution >= 4 is 11.7 Å². The zero-order valence-electron chi connectivity index (χ0n) is 14.6. The minimum Gasteiger partial charge on any atom is -0.484 e. The molecule has 1 spiro atoms. The highest BCUT2D eigenvalue weighted by molar-refractivity contribution is 5.98. The smallest absolute Gasteiger partial charge is 0.234 e. The van der Waals surface area contributed by atoms with E-state index in [9.17, 15) is 9.59 Å². The van der Waals surface area contributed by atoms with Crippen LogP contribution in [0.1, 0.15) is 36.7 Å². The first-order valence-corrected chi connectivity index (χ1v) is 8.86. The number of nitrogens with zero attached hydrogens (tertiary/aromatic N) is 2. The van der Waals surface area contributed by atoms with E-state index in [1.165, 1.54) is 0 Å². The Morgan fingerprint density at radius 3 is 3.00 bits per heavy atom. The van der Waals surface area contributed by atoms with Crippen LogP contribution in [0.15, 0.2) is 18.3 Å². The fourth-order valence-corrected chi connectivity index (χ4v) is 3.39. The maximum absolute atomic E-state index is 12.4. The van der Waals surface area contributed by atoms with E-state index in [4.69, 9.17) is 9.47 Å². The van der Waals surface area contributed by atoms with E-state index in [-0.39, 0.29) is 11.7 Å². The quantitative estimate of drug-likeness (QED) is 0.775. The standard InChI is InChI=1S/C18H25N3O4/c1-2-24-11-8-19-16(23)13-21-9-5-18(6-10-21)12-14(22)17-15(25-18)4-3-7-20-17/h3-4,7H,2,5-6,8-13H2,1H3,(H,19,23). The van der Waals surface area contributed by atoms with E-state index in [2.05, 4.69) is 15.2 Å². The van der Waals surface area contributed by atoms with Crippen LogP contribution in [-0.2, 0) is 9.53 Å². The first-order chi connectivity index (χ1) is 12.1. The molecule has 7 nitrogen and oxygen atoms in total. The number of hydrogen-bond acceptors (Lipinski definition) is 6. The molecule has 136 valence electrons. The topological polar surface area (TPSA) is 80.8 Å². The molecule has 3 rings (SSSR count). The molecule has 1 fully saturated rings. The number of carbonyl (C=O) groups is 2. The zero-order valence-corrected chi connectivity index (χ0v) is 14.6. The van der Waals surface area contributed by atoms with Gasteiger partial charge in [-0.15, -0.1) is 0 Å². The molecule has 0 unspecified atom stereocenters. The lowest BCUT2D eigenvalue weighted by Crippen LogP contribution is -2.52. The second-order valence-corrected chi connectivity index (χ2v) is 6.56. The number of likely N-dealkylation sites (tertiary alicyclic amines) is 1. The first kappa shape index (κ1) is 17.8. The molecule has 0 aliphatic carbocycles. The van der Waals surface area contributed by atoms with Gasteiger partial charge < -0.3 is 14.8 Å². The lowest BCUT2D eigenvalue weighted by Gasteiger charge is -2.43. The molecule has 1 N–H and O–H groups in total. The van der Waals surface area contributed by atoms with E-state index in [0.29, 0.717) is 44.2 Å². The van der Waals surface area contributed by atoms with Crippen molar-refractivity contribution in [2.45, 2.75) is 31.8 Å². The number of nitrogens with one attached hydrogen (secondary N) is 1. The summed E-state index contributed by atoms with van der Waals surface area (Å²) in [5.41, 5.74) is -0.0149. The lowest BCUT2D eigenvalue weighted by atomic mass is 9.83. The summed E-state index contributed by atoms with van der Waals surface area (Å²) >= 11 is 0. The average molecular weight is 347 g/mol. The van der Waals surface area contributed by atoms with Gasteiger partial charge in [0.1, 0.15) is 17.0 Å². The third kappa shape index (κ3) is 4.35. The number of fused-ring (bicyclic) bond motifs is 1. The molecule has 0 bridgehead atoms. The highest BCUT2D eigenvalue weighted by Crippen LogP contribution is 2.38. The largest absolute Gasteiger partial charge is 0.484 e. The predicted molar refractivity (Wildman–Crippen MR) is 91.7 cm³/mol. The first-order valence-electron chi connectivity index (χ1n) is 8.86. The van der Waals surface area contributed by atoms with Gasteiger partial charge in [-0.3, -0.25) is 14.5 Å². The lowest BCUT2D eigenvalue weighted by molar-refractivity contribution is -0.123. The predicted octanol–water partition coefficient (Wildman–Crippen LogP) is 1.03. The molecular weight excluding hydrogens is 322 g/mol. The number of aromatic nitrogens is 1. The molecule has 2 aliphatic heterocycles. The molecule has 0 aromatic carbocycles. The van der Waals surface area contributed by atoms with Gasteiger partial charge in [-0.25, -0.2) is 4.98 Å². The summed E-state index contributed by atoms with van der Waals surface area (Å²) in [5, 5.41) is 2.86. The van der Waals surface area contributed by atoms with Gasteiger partial charge in [0.2, 0.25) is 5.91 Å². The van der Waals surface area contributed by atoms with Crippen LogP contribution in [0.2, 0.25) is 0 Å². The molecule has 1 saturated heterocycles. The molecular formula is C18H25N3O4. The SMILES string of the molecule is CCOCCNC(=O)CN1CCC2(CC1)CC(=O)c1ncccc1O2. The molecule has 7 heteroatoms. The maximum Gasteiger partial charge on any atom is 0.234 e. The molecule has 1 aromatic rings. The Morgan fingerprint density at radius 2 is 2.24 bits per heavy atom. The van der Waals surface area contributed by atoms with Gasteiger partial charge in [-0.1, -0.05) is 0 Å². The monoisotopic (exact) mass is 347 g/mol. The van der Waals surface area contributed by atoms with Crippen LogP contribution in [0, 0.1) is 0 Å². The zero-order chi connectivity index (χ0) is 17.7. The van der Waals surface area contributed by atoms with E-state index in [0.717, 1.165) is 25.9 Å². The third-order valence-corrected chi connectivity index (χ3v) is 4.75. The van der Waals surface area contributed by atoms with E-state index < -0.39 is 5.60 Å². The van der Waals surface area contributed by atoms with E-state index >= 15 is 0 Å². The van der Waals surface area contributed by atoms with Crippen molar-refractivity contribution in [3.63, 3.8) is 0 Å². The molecule has 1 aromatic heterocycles. The summed E-state index contributed by atoms with van der Waals surface area (Å²) in [4.78, 5) is 30.5.